The van der Waals surface area contributed by atoms with Gasteiger partial charge in [-0.1, -0.05) is 0 Å². The molecule has 5 heterocycles. The molecule has 0 radical (unpaired) electrons. The Labute approximate surface area is 176 Å². The van der Waals surface area contributed by atoms with Crippen LogP contribution in [0.3, 0.4) is 0 Å². The Kier molecular flexibility index (Phi) is 4.83. The molecule has 1 N–H and O–H groups in total. The third kappa shape index (κ3) is 3.04. The van der Waals surface area contributed by atoms with Crippen molar-refractivity contribution in [3.63, 3.8) is 0 Å². The predicted octanol–water partition coefficient (Wildman–Crippen LogP) is 1.41. The molecule has 0 amide bonds. The van der Waals surface area contributed by atoms with Gasteiger partial charge in [0.25, 0.3) is 0 Å². The van der Waals surface area contributed by atoms with Crippen LogP contribution in [-0.4, -0.2) is 62.8 Å². The van der Waals surface area contributed by atoms with Crippen molar-refractivity contribution in [2.45, 2.75) is 75.6 Å². The van der Waals surface area contributed by atoms with Crippen molar-refractivity contribution in [3.05, 3.63) is 29.3 Å². The van der Waals surface area contributed by atoms with E-state index in [9.17, 15) is 13.5 Å². The van der Waals surface area contributed by atoms with Crippen LogP contribution in [0.15, 0.2) is 17.3 Å². The Bertz CT molecular complexity index is 1070. The fraction of sp³-hybridized carbons (Fsp3) is 0.650. The lowest BCUT2D eigenvalue weighted by molar-refractivity contribution is 0.153. The van der Waals surface area contributed by atoms with Crippen molar-refractivity contribution in [1.29, 1.82) is 0 Å². The van der Waals surface area contributed by atoms with Gasteiger partial charge in [0, 0.05) is 43.9 Å². The Morgan fingerprint density at radius 3 is 2.80 bits per heavy atom. The van der Waals surface area contributed by atoms with E-state index in [0.29, 0.717) is 36.0 Å². The minimum atomic E-state index is -3.65. The lowest BCUT2D eigenvalue weighted by Gasteiger charge is -2.35. The summed E-state index contributed by atoms with van der Waals surface area (Å²) in [5.41, 5.74) is 2.53. The highest BCUT2D eigenvalue weighted by atomic mass is 32.2. The first-order chi connectivity index (χ1) is 14.4. The molecule has 10 heteroatoms. The summed E-state index contributed by atoms with van der Waals surface area (Å²) < 4.78 is 30.5. The fourth-order valence-electron chi connectivity index (χ4n) is 5.19. The van der Waals surface area contributed by atoms with Crippen LogP contribution in [0.4, 0.5) is 5.95 Å². The van der Waals surface area contributed by atoms with Crippen LogP contribution >= 0.6 is 0 Å². The number of sulfonamides is 1. The first-order valence-corrected chi connectivity index (χ1v) is 12.2. The maximum Gasteiger partial charge on any atom is 0.247 e. The first-order valence-electron chi connectivity index (χ1n) is 10.7. The van der Waals surface area contributed by atoms with Gasteiger partial charge in [-0.2, -0.15) is 9.40 Å². The molecule has 2 aromatic heterocycles. The maximum absolute atomic E-state index is 13.6. The number of piperidine rings is 1. The number of hydrogen-bond donors (Lipinski definition) is 1. The van der Waals surface area contributed by atoms with Crippen molar-refractivity contribution < 1.29 is 13.5 Å². The molecule has 3 aliphatic rings. The number of anilines is 1. The Morgan fingerprint density at radius 1 is 1.23 bits per heavy atom. The minimum absolute atomic E-state index is 0.0911. The number of nitrogens with zero attached hydrogens (tertiary/aromatic N) is 6. The number of hydrogen-bond acceptors (Lipinski definition) is 7. The van der Waals surface area contributed by atoms with Gasteiger partial charge < -0.3 is 10.0 Å². The molecule has 0 unspecified atom stereocenters. The summed E-state index contributed by atoms with van der Waals surface area (Å²) in [4.78, 5) is 11.7. The molecule has 0 aromatic carbocycles. The van der Waals surface area contributed by atoms with E-state index < -0.39 is 10.0 Å². The molecule has 0 spiro atoms. The van der Waals surface area contributed by atoms with Crippen molar-refractivity contribution >= 4 is 16.0 Å². The van der Waals surface area contributed by atoms with Crippen molar-refractivity contribution in [2.24, 2.45) is 0 Å². The van der Waals surface area contributed by atoms with Gasteiger partial charge in [0.15, 0.2) is 0 Å². The summed E-state index contributed by atoms with van der Waals surface area (Å²) in [6, 6.07) is -0.319. The molecule has 30 heavy (non-hydrogen) atoms. The molecule has 0 saturated carbocycles. The zero-order chi connectivity index (χ0) is 21.0. The highest BCUT2D eigenvalue weighted by Gasteiger charge is 2.48. The summed E-state index contributed by atoms with van der Waals surface area (Å²) in [5.74, 6) is 0.642. The Hall–Kier alpha value is -2.04. The standard InChI is InChI=1S/C20H28N6O3S/c1-3-25-13(2)19(11-22-25)30(28,29)26-14-6-7-18(26)16-10-21-20(23-17(16)9-14)24-8-4-5-15(27)12-24/h10-11,14-15,18,27H,3-9,12H2,1-2H3/t14-,15-,18-/m0/s1. The molecule has 2 saturated heterocycles. The van der Waals surface area contributed by atoms with E-state index >= 15 is 0 Å². The van der Waals surface area contributed by atoms with Gasteiger partial charge >= 0.3 is 0 Å². The van der Waals surface area contributed by atoms with E-state index in [-0.39, 0.29) is 18.2 Å². The summed E-state index contributed by atoms with van der Waals surface area (Å²) in [7, 11) is -3.65. The lowest BCUT2D eigenvalue weighted by atomic mass is 10.0. The van der Waals surface area contributed by atoms with E-state index in [1.165, 1.54) is 6.20 Å². The second-order valence-electron chi connectivity index (χ2n) is 8.51. The van der Waals surface area contributed by atoms with E-state index in [1.54, 1.807) is 15.2 Å². The molecule has 162 valence electrons. The molecule has 0 aliphatic carbocycles. The normalized spacial score (nSPS) is 26.8. The topological polar surface area (TPSA) is 104 Å². The number of aliphatic hydroxyl groups is 1. The van der Waals surface area contributed by atoms with Crippen LogP contribution < -0.4 is 4.90 Å². The van der Waals surface area contributed by atoms with E-state index in [4.69, 9.17) is 4.98 Å². The van der Waals surface area contributed by atoms with Crippen LogP contribution in [-0.2, 0) is 23.0 Å². The van der Waals surface area contributed by atoms with Crippen molar-refractivity contribution in [1.82, 2.24) is 24.1 Å². The average Bonchev–Trinajstić information content (AvgIpc) is 3.27. The van der Waals surface area contributed by atoms with Crippen LogP contribution in [0.1, 0.15) is 55.6 Å². The molecule has 2 bridgehead atoms. The van der Waals surface area contributed by atoms with Crippen LogP contribution in [0.25, 0.3) is 0 Å². The molecule has 2 fully saturated rings. The maximum atomic E-state index is 13.6. The second-order valence-corrected chi connectivity index (χ2v) is 10.3. The number of aryl methyl sites for hydroxylation is 1. The third-order valence-corrected chi connectivity index (χ3v) is 8.77. The molecule has 2 aromatic rings. The van der Waals surface area contributed by atoms with Gasteiger partial charge in [0.1, 0.15) is 4.90 Å². The van der Waals surface area contributed by atoms with Crippen LogP contribution in [0.5, 0.6) is 0 Å². The zero-order valence-corrected chi connectivity index (χ0v) is 18.2. The minimum Gasteiger partial charge on any atom is -0.391 e. The molecular weight excluding hydrogens is 404 g/mol. The average molecular weight is 433 g/mol. The van der Waals surface area contributed by atoms with Crippen molar-refractivity contribution in [2.75, 3.05) is 18.0 Å². The summed E-state index contributed by atoms with van der Waals surface area (Å²) in [5, 5.41) is 14.2. The zero-order valence-electron chi connectivity index (χ0n) is 17.4. The smallest absolute Gasteiger partial charge is 0.247 e. The Balaban J connectivity index is 1.48. The number of aromatic nitrogens is 4. The van der Waals surface area contributed by atoms with Gasteiger partial charge in [-0.05, 0) is 39.5 Å². The van der Waals surface area contributed by atoms with Crippen molar-refractivity contribution in [3.8, 4) is 0 Å². The van der Waals surface area contributed by atoms with E-state index in [0.717, 1.165) is 43.5 Å². The SMILES string of the molecule is CCn1ncc(S(=O)(=O)N2[C@H]3CC[C@H]2c2cnc(N4CCC[C@H](O)C4)nc2C3)c1C. The molecular formula is C20H28N6O3S. The van der Waals surface area contributed by atoms with Gasteiger partial charge in [-0.15, -0.1) is 0 Å². The number of fused-ring (bicyclic) bond motifs is 4. The van der Waals surface area contributed by atoms with E-state index in [1.807, 2.05) is 18.7 Å². The highest BCUT2D eigenvalue weighted by Crippen LogP contribution is 2.46. The second kappa shape index (κ2) is 7.28. The molecule has 9 nitrogen and oxygen atoms in total. The summed E-state index contributed by atoms with van der Waals surface area (Å²) >= 11 is 0. The quantitative estimate of drug-likeness (QED) is 0.779. The molecule has 5 rings (SSSR count). The molecule has 3 atom stereocenters. The van der Waals surface area contributed by atoms with Crippen LogP contribution in [0, 0.1) is 6.92 Å². The summed E-state index contributed by atoms with van der Waals surface area (Å²) in [6.07, 6.45) is 6.86. The van der Waals surface area contributed by atoms with Gasteiger partial charge in [0.2, 0.25) is 16.0 Å². The fourth-order valence-corrected chi connectivity index (χ4v) is 7.20. The lowest BCUT2D eigenvalue weighted by Crippen LogP contribution is -2.43. The first kappa shape index (κ1) is 19.9. The highest BCUT2D eigenvalue weighted by molar-refractivity contribution is 7.89. The van der Waals surface area contributed by atoms with Crippen LogP contribution in [0.2, 0.25) is 0 Å². The van der Waals surface area contributed by atoms with Gasteiger partial charge in [-0.3, -0.25) is 4.68 Å². The number of aliphatic hydroxyl groups excluding tert-OH is 1. The molecule has 3 aliphatic heterocycles. The third-order valence-electron chi connectivity index (χ3n) is 6.71. The van der Waals surface area contributed by atoms with E-state index in [2.05, 4.69) is 10.1 Å². The number of β-amino-alcohol motifs (C(OH)–C–C–N with tert-alkyl or cyclic N) is 1. The Morgan fingerprint density at radius 2 is 2.07 bits per heavy atom. The summed E-state index contributed by atoms with van der Waals surface area (Å²) in [6.45, 7) is 5.79. The predicted molar refractivity (Wildman–Crippen MR) is 111 cm³/mol. The number of rotatable bonds is 4. The van der Waals surface area contributed by atoms with Gasteiger partial charge in [0.05, 0.1) is 29.7 Å². The van der Waals surface area contributed by atoms with Gasteiger partial charge in [-0.25, -0.2) is 18.4 Å². The monoisotopic (exact) mass is 432 g/mol. The largest absolute Gasteiger partial charge is 0.391 e.